The second-order valence-electron chi connectivity index (χ2n) is 4.76. The maximum Gasteiger partial charge on any atom is 0.134 e. The third kappa shape index (κ3) is 2.25. The minimum atomic E-state index is -0.401. The van der Waals surface area contributed by atoms with Gasteiger partial charge >= 0.3 is 0 Å². The van der Waals surface area contributed by atoms with Gasteiger partial charge in [-0.05, 0) is 42.8 Å². The van der Waals surface area contributed by atoms with Gasteiger partial charge in [0.2, 0.25) is 0 Å². The van der Waals surface area contributed by atoms with Gasteiger partial charge in [0.05, 0.1) is 6.04 Å². The fourth-order valence-electron chi connectivity index (χ4n) is 2.33. The molecule has 2 aromatic carbocycles. The van der Waals surface area contributed by atoms with E-state index in [0.717, 1.165) is 26.6 Å². The number of rotatable bonds is 2. The second kappa shape index (κ2) is 5.04. The standard InChI is InChI=1S/C16H13BrFNO/c1-9-13-8-11(17)4-7-14(13)20-16(9)15(19)10-2-5-12(18)6-3-10/h2-8,15H,19H2,1H3. The molecule has 0 amide bonds. The van der Waals surface area contributed by atoms with Crippen LogP contribution >= 0.6 is 15.9 Å². The number of halogens is 2. The summed E-state index contributed by atoms with van der Waals surface area (Å²) >= 11 is 3.45. The first kappa shape index (κ1) is 13.3. The summed E-state index contributed by atoms with van der Waals surface area (Å²) in [6.45, 7) is 1.98. The summed E-state index contributed by atoms with van der Waals surface area (Å²) in [5, 5.41) is 1.03. The zero-order chi connectivity index (χ0) is 14.3. The van der Waals surface area contributed by atoms with E-state index >= 15 is 0 Å². The lowest BCUT2D eigenvalue weighted by Gasteiger charge is -2.10. The Kier molecular flexibility index (Phi) is 3.36. The van der Waals surface area contributed by atoms with Crippen LogP contribution in [-0.2, 0) is 0 Å². The first-order chi connectivity index (χ1) is 9.56. The molecule has 0 saturated heterocycles. The van der Waals surface area contributed by atoms with E-state index in [4.69, 9.17) is 10.2 Å². The first-order valence-corrected chi connectivity index (χ1v) is 7.05. The zero-order valence-corrected chi connectivity index (χ0v) is 12.4. The van der Waals surface area contributed by atoms with Crippen molar-refractivity contribution in [3.8, 4) is 0 Å². The molecule has 0 radical (unpaired) electrons. The van der Waals surface area contributed by atoms with Gasteiger partial charge in [-0.15, -0.1) is 0 Å². The monoisotopic (exact) mass is 333 g/mol. The molecule has 1 aromatic heterocycles. The summed E-state index contributed by atoms with van der Waals surface area (Å²) in [5.74, 6) is 0.441. The lowest BCUT2D eigenvalue weighted by molar-refractivity contribution is 0.520. The van der Waals surface area contributed by atoms with Gasteiger partial charge in [-0.25, -0.2) is 4.39 Å². The summed E-state index contributed by atoms with van der Waals surface area (Å²) < 4.78 is 19.8. The quantitative estimate of drug-likeness (QED) is 0.738. The van der Waals surface area contributed by atoms with E-state index in [0.29, 0.717) is 5.76 Å². The summed E-state index contributed by atoms with van der Waals surface area (Å²) in [4.78, 5) is 0. The topological polar surface area (TPSA) is 39.2 Å². The van der Waals surface area contributed by atoms with Crippen molar-refractivity contribution < 1.29 is 8.81 Å². The van der Waals surface area contributed by atoms with Crippen LogP contribution in [0.4, 0.5) is 4.39 Å². The fourth-order valence-corrected chi connectivity index (χ4v) is 2.69. The van der Waals surface area contributed by atoms with Crippen LogP contribution in [0.15, 0.2) is 51.4 Å². The number of hydrogen-bond donors (Lipinski definition) is 1. The maximum atomic E-state index is 13.0. The van der Waals surface area contributed by atoms with Gasteiger partial charge in [-0.2, -0.15) is 0 Å². The highest BCUT2D eigenvalue weighted by atomic mass is 79.9. The average Bonchev–Trinajstić information content (AvgIpc) is 2.76. The van der Waals surface area contributed by atoms with Crippen LogP contribution in [0.1, 0.15) is 22.9 Å². The third-order valence-corrected chi connectivity index (χ3v) is 3.94. The molecular weight excluding hydrogens is 321 g/mol. The van der Waals surface area contributed by atoms with E-state index < -0.39 is 6.04 Å². The van der Waals surface area contributed by atoms with Crippen molar-refractivity contribution in [2.75, 3.05) is 0 Å². The first-order valence-electron chi connectivity index (χ1n) is 6.26. The van der Waals surface area contributed by atoms with E-state index in [1.807, 2.05) is 25.1 Å². The molecule has 0 aliphatic heterocycles. The van der Waals surface area contributed by atoms with Crippen LogP contribution in [0.5, 0.6) is 0 Å². The van der Waals surface area contributed by atoms with Crippen LogP contribution in [0.25, 0.3) is 11.0 Å². The van der Waals surface area contributed by atoms with Crippen molar-refractivity contribution in [1.82, 2.24) is 0 Å². The summed E-state index contributed by atoms with van der Waals surface area (Å²) in [6, 6.07) is 11.6. The van der Waals surface area contributed by atoms with Crippen LogP contribution in [0.2, 0.25) is 0 Å². The Bertz CT molecular complexity index is 764. The molecule has 1 atom stereocenters. The number of aryl methyl sites for hydroxylation is 1. The lowest BCUT2D eigenvalue weighted by Crippen LogP contribution is -2.12. The van der Waals surface area contributed by atoms with Gasteiger partial charge in [0.25, 0.3) is 0 Å². The summed E-state index contributed by atoms with van der Waals surface area (Å²) in [6.07, 6.45) is 0. The smallest absolute Gasteiger partial charge is 0.134 e. The fraction of sp³-hybridized carbons (Fsp3) is 0.125. The molecule has 0 saturated carbocycles. The molecular formula is C16H13BrFNO. The van der Waals surface area contributed by atoms with Gasteiger partial charge in [-0.1, -0.05) is 28.1 Å². The number of benzene rings is 2. The zero-order valence-electron chi connectivity index (χ0n) is 10.9. The van der Waals surface area contributed by atoms with Crippen LogP contribution in [0.3, 0.4) is 0 Å². The Morgan fingerprint density at radius 1 is 1.15 bits per heavy atom. The molecule has 102 valence electrons. The molecule has 2 nitrogen and oxygen atoms in total. The van der Waals surface area contributed by atoms with Crippen LogP contribution in [-0.4, -0.2) is 0 Å². The Morgan fingerprint density at radius 3 is 2.55 bits per heavy atom. The Morgan fingerprint density at radius 2 is 1.85 bits per heavy atom. The predicted molar refractivity (Wildman–Crippen MR) is 81.1 cm³/mol. The van der Waals surface area contributed by atoms with E-state index in [9.17, 15) is 4.39 Å². The molecule has 1 heterocycles. The molecule has 4 heteroatoms. The normalized spacial score (nSPS) is 12.8. The average molecular weight is 334 g/mol. The number of fused-ring (bicyclic) bond motifs is 1. The molecule has 3 rings (SSSR count). The van der Waals surface area contributed by atoms with Crippen molar-refractivity contribution in [3.63, 3.8) is 0 Å². The van der Waals surface area contributed by atoms with Gasteiger partial charge in [-0.3, -0.25) is 0 Å². The van der Waals surface area contributed by atoms with Crippen molar-refractivity contribution in [2.24, 2.45) is 5.73 Å². The highest BCUT2D eigenvalue weighted by molar-refractivity contribution is 9.10. The van der Waals surface area contributed by atoms with E-state index in [1.165, 1.54) is 12.1 Å². The third-order valence-electron chi connectivity index (χ3n) is 3.45. The molecule has 20 heavy (non-hydrogen) atoms. The Labute approximate surface area is 124 Å². The lowest BCUT2D eigenvalue weighted by atomic mass is 10.0. The molecule has 0 spiro atoms. The van der Waals surface area contributed by atoms with Crippen LogP contribution in [0, 0.1) is 12.7 Å². The maximum absolute atomic E-state index is 13.0. The van der Waals surface area contributed by atoms with Gasteiger partial charge < -0.3 is 10.2 Å². The van der Waals surface area contributed by atoms with Crippen molar-refractivity contribution in [2.45, 2.75) is 13.0 Å². The summed E-state index contributed by atoms with van der Waals surface area (Å²) in [5.41, 5.74) is 8.88. The minimum Gasteiger partial charge on any atom is -0.459 e. The molecule has 0 fully saturated rings. The Balaban J connectivity index is 2.09. The van der Waals surface area contributed by atoms with E-state index in [2.05, 4.69) is 15.9 Å². The molecule has 0 aliphatic carbocycles. The van der Waals surface area contributed by atoms with E-state index in [-0.39, 0.29) is 5.82 Å². The molecule has 2 N–H and O–H groups in total. The van der Waals surface area contributed by atoms with Gasteiger partial charge in [0, 0.05) is 15.4 Å². The van der Waals surface area contributed by atoms with Crippen molar-refractivity contribution in [3.05, 3.63) is 69.6 Å². The highest BCUT2D eigenvalue weighted by Crippen LogP contribution is 2.33. The SMILES string of the molecule is Cc1c(C(N)c2ccc(F)cc2)oc2ccc(Br)cc12. The van der Waals surface area contributed by atoms with Crippen molar-refractivity contribution in [1.29, 1.82) is 0 Å². The van der Waals surface area contributed by atoms with Crippen LogP contribution < -0.4 is 5.73 Å². The molecule has 0 bridgehead atoms. The van der Waals surface area contributed by atoms with Gasteiger partial charge in [0.1, 0.15) is 17.2 Å². The van der Waals surface area contributed by atoms with E-state index in [1.54, 1.807) is 12.1 Å². The predicted octanol–water partition coefficient (Wildman–Crippen LogP) is 4.69. The molecule has 3 aromatic rings. The number of nitrogens with two attached hydrogens (primary N) is 1. The second-order valence-corrected chi connectivity index (χ2v) is 5.68. The molecule has 0 aliphatic rings. The largest absolute Gasteiger partial charge is 0.459 e. The number of furan rings is 1. The Hall–Kier alpha value is -1.65. The number of hydrogen-bond acceptors (Lipinski definition) is 2. The summed E-state index contributed by atoms with van der Waals surface area (Å²) in [7, 11) is 0. The highest BCUT2D eigenvalue weighted by Gasteiger charge is 2.18. The minimum absolute atomic E-state index is 0.272. The van der Waals surface area contributed by atoms with Gasteiger partial charge in [0.15, 0.2) is 0 Å². The van der Waals surface area contributed by atoms with Crippen molar-refractivity contribution >= 4 is 26.9 Å². The molecule has 1 unspecified atom stereocenters.